The van der Waals surface area contributed by atoms with E-state index in [1.54, 1.807) is 9.25 Å². The summed E-state index contributed by atoms with van der Waals surface area (Å²) in [5.74, 6) is 0.00627. The lowest BCUT2D eigenvalue weighted by Crippen LogP contribution is -2.26. The third-order valence-electron chi connectivity index (χ3n) is 5.42. The van der Waals surface area contributed by atoms with Crippen molar-refractivity contribution in [3.63, 3.8) is 0 Å². The molecule has 0 saturated carbocycles. The average Bonchev–Trinajstić information content (AvgIpc) is 3.15. The Morgan fingerprint density at radius 3 is 2.48 bits per heavy atom. The fraction of sp³-hybridized carbons (Fsp3) is 0.280. The average molecular weight is 462 g/mol. The Labute approximate surface area is 196 Å². The molecule has 0 aliphatic carbocycles. The van der Waals surface area contributed by atoms with Gasteiger partial charge in [-0.2, -0.15) is 5.10 Å². The molecule has 0 fully saturated rings. The molecule has 2 aromatic heterocycles. The number of benzene rings is 2. The molecule has 33 heavy (non-hydrogen) atoms. The SMILES string of the molecule is CCn1nc(C)c2nc(SCC(=O)Nc3ccc(C)cc3)n(CCc3ccccc3)c(=O)c21. The molecule has 4 aromatic rings. The standard InChI is InChI=1S/C25H27N5O2S/c1-4-30-23-22(18(3)28-30)27-25(29(24(23)32)15-14-19-8-6-5-7-9-19)33-16-21(31)26-20-12-10-17(2)11-13-20/h5-13H,4,14-16H2,1-3H3,(H,26,31). The van der Waals surface area contributed by atoms with E-state index in [4.69, 9.17) is 4.98 Å². The van der Waals surface area contributed by atoms with Crippen LogP contribution in [0.2, 0.25) is 0 Å². The van der Waals surface area contributed by atoms with Gasteiger partial charge in [0.25, 0.3) is 5.56 Å². The Balaban J connectivity index is 1.61. The summed E-state index contributed by atoms with van der Waals surface area (Å²) >= 11 is 1.27. The van der Waals surface area contributed by atoms with E-state index in [1.165, 1.54) is 11.8 Å². The molecule has 8 heteroatoms. The van der Waals surface area contributed by atoms with E-state index in [0.29, 0.717) is 41.4 Å². The highest BCUT2D eigenvalue weighted by Crippen LogP contribution is 2.21. The molecule has 0 aliphatic heterocycles. The number of thioether (sulfide) groups is 1. The van der Waals surface area contributed by atoms with Crippen LogP contribution in [0.5, 0.6) is 0 Å². The third-order valence-corrected chi connectivity index (χ3v) is 6.39. The molecule has 7 nitrogen and oxygen atoms in total. The lowest BCUT2D eigenvalue weighted by Gasteiger charge is -2.13. The Morgan fingerprint density at radius 2 is 1.79 bits per heavy atom. The van der Waals surface area contributed by atoms with Crippen LogP contribution in [0.25, 0.3) is 11.0 Å². The lowest BCUT2D eigenvalue weighted by molar-refractivity contribution is -0.113. The molecule has 0 radical (unpaired) electrons. The van der Waals surface area contributed by atoms with Crippen molar-refractivity contribution in [3.05, 3.63) is 81.8 Å². The molecule has 0 atom stereocenters. The molecule has 0 spiro atoms. The maximum absolute atomic E-state index is 13.5. The first-order valence-electron chi connectivity index (χ1n) is 11.0. The highest BCUT2D eigenvalue weighted by molar-refractivity contribution is 7.99. The zero-order valence-corrected chi connectivity index (χ0v) is 19.9. The van der Waals surface area contributed by atoms with Gasteiger partial charge in [0.15, 0.2) is 10.7 Å². The van der Waals surface area contributed by atoms with Gasteiger partial charge < -0.3 is 5.32 Å². The minimum absolute atomic E-state index is 0.125. The minimum Gasteiger partial charge on any atom is -0.325 e. The maximum Gasteiger partial charge on any atom is 0.280 e. The number of fused-ring (bicyclic) bond motifs is 1. The lowest BCUT2D eigenvalue weighted by atomic mass is 10.1. The van der Waals surface area contributed by atoms with Crippen LogP contribution in [0.15, 0.2) is 64.5 Å². The van der Waals surface area contributed by atoms with Crippen molar-refractivity contribution in [1.82, 2.24) is 19.3 Å². The van der Waals surface area contributed by atoms with Gasteiger partial charge in [-0.25, -0.2) is 4.98 Å². The summed E-state index contributed by atoms with van der Waals surface area (Å²) in [6, 6.07) is 17.7. The monoisotopic (exact) mass is 461 g/mol. The van der Waals surface area contributed by atoms with E-state index in [-0.39, 0.29) is 17.2 Å². The predicted octanol–water partition coefficient (Wildman–Crippen LogP) is 4.20. The number of amides is 1. The van der Waals surface area contributed by atoms with Crippen molar-refractivity contribution < 1.29 is 4.79 Å². The second-order valence-electron chi connectivity index (χ2n) is 7.89. The fourth-order valence-electron chi connectivity index (χ4n) is 3.67. The van der Waals surface area contributed by atoms with Gasteiger partial charge in [-0.15, -0.1) is 0 Å². The van der Waals surface area contributed by atoms with Crippen LogP contribution < -0.4 is 10.9 Å². The van der Waals surface area contributed by atoms with Crippen molar-refractivity contribution in [2.75, 3.05) is 11.1 Å². The van der Waals surface area contributed by atoms with Gasteiger partial charge in [-0.3, -0.25) is 18.8 Å². The van der Waals surface area contributed by atoms with Crippen LogP contribution in [0.1, 0.15) is 23.7 Å². The number of aromatic nitrogens is 4. The number of carbonyl (C=O) groups excluding carboxylic acids is 1. The number of carbonyl (C=O) groups is 1. The van der Waals surface area contributed by atoms with Gasteiger partial charge in [0.1, 0.15) is 5.52 Å². The molecule has 4 rings (SSSR count). The molecule has 170 valence electrons. The number of hydrogen-bond donors (Lipinski definition) is 1. The van der Waals surface area contributed by atoms with Crippen molar-refractivity contribution in [1.29, 1.82) is 0 Å². The molecule has 0 saturated heterocycles. The van der Waals surface area contributed by atoms with Crippen LogP contribution in [-0.4, -0.2) is 31.0 Å². The van der Waals surface area contributed by atoms with Crippen LogP contribution in [-0.2, 0) is 24.3 Å². The van der Waals surface area contributed by atoms with E-state index >= 15 is 0 Å². The smallest absolute Gasteiger partial charge is 0.280 e. The van der Waals surface area contributed by atoms with Gasteiger partial charge in [0.2, 0.25) is 5.91 Å². The molecule has 0 aliphatic rings. The zero-order chi connectivity index (χ0) is 23.4. The van der Waals surface area contributed by atoms with Gasteiger partial charge in [0, 0.05) is 18.8 Å². The number of nitrogens with one attached hydrogen (secondary N) is 1. The molecule has 0 unspecified atom stereocenters. The first-order valence-corrected chi connectivity index (χ1v) is 12.0. The van der Waals surface area contributed by atoms with Crippen molar-refractivity contribution in [3.8, 4) is 0 Å². The van der Waals surface area contributed by atoms with E-state index in [0.717, 1.165) is 16.8 Å². The van der Waals surface area contributed by atoms with Gasteiger partial charge >= 0.3 is 0 Å². The van der Waals surface area contributed by atoms with Gasteiger partial charge in [-0.05, 0) is 44.9 Å². The number of anilines is 1. The van der Waals surface area contributed by atoms with Gasteiger partial charge in [-0.1, -0.05) is 59.8 Å². The van der Waals surface area contributed by atoms with Gasteiger partial charge in [0.05, 0.1) is 11.4 Å². The second-order valence-corrected chi connectivity index (χ2v) is 8.83. The van der Waals surface area contributed by atoms with Crippen molar-refractivity contribution in [2.24, 2.45) is 0 Å². The molecule has 1 N–H and O–H groups in total. The second kappa shape index (κ2) is 10.0. The molecule has 0 bridgehead atoms. The summed E-state index contributed by atoms with van der Waals surface area (Å²) in [5, 5.41) is 7.91. The normalized spacial score (nSPS) is 11.1. The fourth-order valence-corrected chi connectivity index (χ4v) is 4.49. The van der Waals surface area contributed by atoms with Crippen LogP contribution in [0.4, 0.5) is 5.69 Å². The molecular weight excluding hydrogens is 434 g/mol. The highest BCUT2D eigenvalue weighted by atomic mass is 32.2. The summed E-state index contributed by atoms with van der Waals surface area (Å²) in [4.78, 5) is 30.8. The minimum atomic E-state index is -0.145. The number of hydrogen-bond acceptors (Lipinski definition) is 5. The largest absolute Gasteiger partial charge is 0.325 e. The van der Waals surface area contributed by atoms with Crippen LogP contribution in [0, 0.1) is 13.8 Å². The summed E-state index contributed by atoms with van der Waals surface area (Å²) in [6.07, 6.45) is 0.691. The van der Waals surface area contributed by atoms with E-state index < -0.39 is 0 Å². The summed E-state index contributed by atoms with van der Waals surface area (Å²) < 4.78 is 3.38. The predicted molar refractivity (Wildman–Crippen MR) is 133 cm³/mol. The number of nitrogens with zero attached hydrogens (tertiary/aromatic N) is 4. The van der Waals surface area contributed by atoms with E-state index in [1.807, 2.05) is 75.4 Å². The van der Waals surface area contributed by atoms with Crippen LogP contribution in [0.3, 0.4) is 0 Å². The summed E-state index contributed by atoms with van der Waals surface area (Å²) in [7, 11) is 0. The van der Waals surface area contributed by atoms with Crippen molar-refractivity contribution in [2.45, 2.75) is 45.4 Å². The Bertz CT molecular complexity index is 1330. The summed E-state index contributed by atoms with van der Waals surface area (Å²) in [6.45, 7) is 6.87. The highest BCUT2D eigenvalue weighted by Gasteiger charge is 2.19. The number of rotatable bonds is 8. The van der Waals surface area contributed by atoms with Crippen LogP contribution >= 0.6 is 11.8 Å². The molecule has 2 aromatic carbocycles. The Hall–Kier alpha value is -3.39. The Kier molecular flexibility index (Phi) is 6.93. The zero-order valence-electron chi connectivity index (χ0n) is 19.0. The van der Waals surface area contributed by atoms with E-state index in [9.17, 15) is 9.59 Å². The topological polar surface area (TPSA) is 81.8 Å². The molecular formula is C25H27N5O2S. The quantitative estimate of drug-likeness (QED) is 0.314. The summed E-state index contributed by atoms with van der Waals surface area (Å²) in [5.41, 5.74) is 4.71. The van der Waals surface area contributed by atoms with Crippen molar-refractivity contribution >= 4 is 34.4 Å². The molecule has 1 amide bonds. The maximum atomic E-state index is 13.5. The third kappa shape index (κ3) is 5.17. The first kappa shape index (κ1) is 22.8. The van der Waals surface area contributed by atoms with E-state index in [2.05, 4.69) is 10.4 Å². The molecule has 2 heterocycles. The Morgan fingerprint density at radius 1 is 1.06 bits per heavy atom. The first-order chi connectivity index (χ1) is 16.0. The number of aryl methyl sites for hydroxylation is 4.